The summed E-state index contributed by atoms with van der Waals surface area (Å²) in [6.45, 7) is 0.214. The van der Waals surface area contributed by atoms with Gasteiger partial charge in [0.15, 0.2) is 11.5 Å². The van der Waals surface area contributed by atoms with Crippen LogP contribution in [0.2, 0.25) is 0 Å². The van der Waals surface area contributed by atoms with Crippen molar-refractivity contribution in [3.8, 4) is 11.5 Å². The number of benzene rings is 2. The second-order valence-electron chi connectivity index (χ2n) is 4.33. The fraction of sp³-hybridized carbons (Fsp3) is 0.188. The van der Waals surface area contributed by atoms with E-state index in [-0.39, 0.29) is 12.4 Å². The van der Waals surface area contributed by atoms with Crippen LogP contribution in [-0.4, -0.2) is 20.4 Å². The molecule has 4 nitrogen and oxygen atoms in total. The van der Waals surface area contributed by atoms with Crippen molar-refractivity contribution >= 4 is 22.1 Å². The zero-order chi connectivity index (χ0) is 15.9. The van der Waals surface area contributed by atoms with E-state index in [4.69, 9.17) is 14.3 Å². The van der Waals surface area contributed by atoms with Crippen LogP contribution in [0.3, 0.4) is 0 Å². The van der Waals surface area contributed by atoms with E-state index in [0.717, 1.165) is 10.0 Å². The highest BCUT2D eigenvalue weighted by Crippen LogP contribution is 2.33. The molecule has 0 N–H and O–H groups in total. The van der Waals surface area contributed by atoms with Gasteiger partial charge in [-0.15, -0.1) is 0 Å². The van der Waals surface area contributed by atoms with Gasteiger partial charge in [-0.1, -0.05) is 39.3 Å². The Morgan fingerprint density at radius 3 is 2.50 bits per heavy atom. The predicted molar refractivity (Wildman–Crippen MR) is 86.0 cm³/mol. The average Bonchev–Trinajstić information content (AvgIpc) is 2.53. The molecular weight excluding hydrogens is 353 g/mol. The first kappa shape index (κ1) is 16.3. The van der Waals surface area contributed by atoms with E-state index in [1.54, 1.807) is 44.6 Å². The number of hydrogen-bond donors (Lipinski definition) is 0. The molecule has 0 bridgehead atoms. The highest BCUT2D eigenvalue weighted by atomic mass is 79.9. The van der Waals surface area contributed by atoms with Gasteiger partial charge in [0.1, 0.15) is 12.4 Å². The van der Waals surface area contributed by atoms with Gasteiger partial charge in [-0.3, -0.25) is 0 Å². The molecule has 0 amide bonds. The third-order valence-corrected chi connectivity index (χ3v) is 3.68. The van der Waals surface area contributed by atoms with Gasteiger partial charge in [-0.2, -0.15) is 0 Å². The lowest BCUT2D eigenvalue weighted by molar-refractivity contribution is 0.131. The molecule has 0 aromatic heterocycles. The smallest absolute Gasteiger partial charge is 0.161 e. The van der Waals surface area contributed by atoms with Crippen LogP contribution in [0.1, 0.15) is 11.1 Å². The van der Waals surface area contributed by atoms with Crippen LogP contribution in [-0.2, 0) is 11.4 Å². The lowest BCUT2D eigenvalue weighted by Crippen LogP contribution is -1.96. The van der Waals surface area contributed by atoms with E-state index in [1.807, 2.05) is 0 Å². The van der Waals surface area contributed by atoms with Crippen molar-refractivity contribution in [3.05, 3.63) is 57.8 Å². The lowest BCUT2D eigenvalue weighted by atomic mass is 10.2. The number of hydrogen-bond acceptors (Lipinski definition) is 4. The third-order valence-electron chi connectivity index (χ3n) is 2.94. The first-order chi connectivity index (χ1) is 10.7. The number of ether oxygens (including phenoxy) is 2. The van der Waals surface area contributed by atoms with Crippen LogP contribution in [0.5, 0.6) is 11.5 Å². The van der Waals surface area contributed by atoms with E-state index in [0.29, 0.717) is 17.1 Å². The van der Waals surface area contributed by atoms with Gasteiger partial charge in [0.05, 0.1) is 20.4 Å². The van der Waals surface area contributed by atoms with Crippen molar-refractivity contribution in [1.29, 1.82) is 0 Å². The average molecular weight is 368 g/mol. The Balaban J connectivity index is 2.04. The Hall–Kier alpha value is -2.08. The van der Waals surface area contributed by atoms with E-state index in [2.05, 4.69) is 21.1 Å². The summed E-state index contributed by atoms with van der Waals surface area (Å²) in [4.78, 5) is 5.21. The highest BCUT2D eigenvalue weighted by Gasteiger charge is 2.09. The molecule has 2 aromatic rings. The second-order valence-corrected chi connectivity index (χ2v) is 5.18. The summed E-state index contributed by atoms with van der Waals surface area (Å²) >= 11 is 3.43. The van der Waals surface area contributed by atoms with Crippen LogP contribution in [0.15, 0.2) is 46.0 Å². The Morgan fingerprint density at radius 2 is 1.82 bits per heavy atom. The lowest BCUT2D eigenvalue weighted by Gasteiger charge is -2.11. The fourth-order valence-electron chi connectivity index (χ4n) is 1.79. The topological polar surface area (TPSA) is 40.0 Å². The molecule has 0 saturated carbocycles. The minimum absolute atomic E-state index is 0.214. The van der Waals surface area contributed by atoms with Gasteiger partial charge in [-0.05, 0) is 18.2 Å². The summed E-state index contributed by atoms with van der Waals surface area (Å²) in [5.41, 5.74) is 1.21. The molecule has 2 rings (SSSR count). The van der Waals surface area contributed by atoms with Crippen molar-refractivity contribution in [1.82, 2.24) is 0 Å². The molecule has 0 aliphatic carbocycles. The highest BCUT2D eigenvalue weighted by molar-refractivity contribution is 9.10. The summed E-state index contributed by atoms with van der Waals surface area (Å²) in [7, 11) is 3.13. The zero-order valence-corrected chi connectivity index (χ0v) is 13.8. The molecule has 0 atom stereocenters. The minimum atomic E-state index is -0.345. The quantitative estimate of drug-likeness (QED) is 0.568. The minimum Gasteiger partial charge on any atom is -0.493 e. The molecule has 0 aliphatic rings. The van der Waals surface area contributed by atoms with Gasteiger partial charge in [0.2, 0.25) is 0 Å². The van der Waals surface area contributed by atoms with Crippen LogP contribution in [0.25, 0.3) is 0 Å². The molecule has 0 unspecified atom stereocenters. The number of oxime groups is 1. The molecule has 0 saturated heterocycles. The van der Waals surface area contributed by atoms with Crippen LogP contribution < -0.4 is 9.47 Å². The number of nitrogens with zero attached hydrogens (tertiary/aromatic N) is 1. The predicted octanol–water partition coefficient (Wildman–Crippen LogP) is 4.16. The van der Waals surface area contributed by atoms with Crippen molar-refractivity contribution in [2.24, 2.45) is 5.16 Å². The van der Waals surface area contributed by atoms with Gasteiger partial charge in [0.25, 0.3) is 0 Å². The second kappa shape index (κ2) is 7.79. The maximum atomic E-state index is 13.4. The first-order valence-corrected chi connectivity index (χ1v) is 7.25. The van der Waals surface area contributed by atoms with Crippen LogP contribution in [0.4, 0.5) is 4.39 Å². The first-order valence-electron chi connectivity index (χ1n) is 6.46. The number of halogens is 2. The normalized spacial score (nSPS) is 10.7. The van der Waals surface area contributed by atoms with Crippen molar-refractivity contribution in [2.75, 3.05) is 14.2 Å². The zero-order valence-electron chi connectivity index (χ0n) is 12.2. The fourth-order valence-corrected chi connectivity index (χ4v) is 2.22. The summed E-state index contributed by atoms with van der Waals surface area (Å²) < 4.78 is 24.6. The van der Waals surface area contributed by atoms with Crippen molar-refractivity contribution in [2.45, 2.75) is 6.61 Å². The molecular formula is C16H15BrFNO3. The molecule has 0 fully saturated rings. The van der Waals surface area contributed by atoms with E-state index in [1.165, 1.54) is 12.3 Å². The van der Waals surface area contributed by atoms with Crippen molar-refractivity contribution in [3.63, 3.8) is 0 Å². The summed E-state index contributed by atoms with van der Waals surface area (Å²) in [5, 5.41) is 3.78. The van der Waals surface area contributed by atoms with Gasteiger partial charge < -0.3 is 14.3 Å². The Labute approximate surface area is 136 Å². The van der Waals surface area contributed by atoms with E-state index in [9.17, 15) is 4.39 Å². The molecule has 116 valence electrons. The standard InChI is InChI=1S/C16H15BrFNO3/c1-20-15-7-12(13(17)8-16(15)21-2)10-22-19-9-11-5-3-4-6-14(11)18/h3-9H,10H2,1-2H3/b19-9-. The molecule has 0 radical (unpaired) electrons. The summed E-state index contributed by atoms with van der Waals surface area (Å²) in [5.74, 6) is 0.873. The number of rotatable bonds is 6. The summed E-state index contributed by atoms with van der Waals surface area (Å²) in [6.07, 6.45) is 1.34. The molecule has 6 heteroatoms. The maximum Gasteiger partial charge on any atom is 0.161 e. The van der Waals surface area contributed by atoms with E-state index >= 15 is 0 Å². The van der Waals surface area contributed by atoms with Crippen molar-refractivity contribution < 1.29 is 18.7 Å². The third kappa shape index (κ3) is 3.98. The molecule has 2 aromatic carbocycles. The molecule has 0 heterocycles. The van der Waals surface area contributed by atoms with Gasteiger partial charge >= 0.3 is 0 Å². The Morgan fingerprint density at radius 1 is 1.14 bits per heavy atom. The molecule has 0 spiro atoms. The SMILES string of the molecule is COc1cc(Br)c(CO/N=C\c2ccccc2F)cc1OC. The van der Waals surface area contributed by atoms with Crippen LogP contribution >= 0.6 is 15.9 Å². The van der Waals surface area contributed by atoms with Gasteiger partial charge in [0, 0.05) is 15.6 Å². The molecule has 22 heavy (non-hydrogen) atoms. The van der Waals surface area contributed by atoms with Gasteiger partial charge in [-0.25, -0.2) is 4.39 Å². The van der Waals surface area contributed by atoms with E-state index < -0.39 is 0 Å². The van der Waals surface area contributed by atoms with Crippen LogP contribution in [0, 0.1) is 5.82 Å². The Kier molecular flexibility index (Phi) is 5.77. The summed E-state index contributed by atoms with van der Waals surface area (Å²) in [6, 6.07) is 9.92. The molecule has 0 aliphatic heterocycles. The maximum absolute atomic E-state index is 13.4. The number of methoxy groups -OCH3 is 2. The Bertz CT molecular complexity index is 676. The monoisotopic (exact) mass is 367 g/mol. The largest absolute Gasteiger partial charge is 0.493 e.